The molecular weight excluding hydrogens is 314 g/mol. The Bertz CT molecular complexity index is 361. The van der Waals surface area contributed by atoms with E-state index < -0.39 is 0 Å². The first-order valence-electron chi connectivity index (χ1n) is 10.3. The fraction of sp³-hybridized carbons (Fsp3) is 0.773. The smallest absolute Gasteiger partial charge is 0.168 e. The van der Waals surface area contributed by atoms with E-state index in [0.29, 0.717) is 0 Å². The van der Waals surface area contributed by atoms with Crippen molar-refractivity contribution in [1.29, 1.82) is 0 Å². The van der Waals surface area contributed by atoms with Gasteiger partial charge in [0, 0.05) is 12.1 Å². The van der Waals surface area contributed by atoms with E-state index in [4.69, 9.17) is 0 Å². The summed E-state index contributed by atoms with van der Waals surface area (Å²) in [5.74, 6) is 0. The summed E-state index contributed by atoms with van der Waals surface area (Å²) in [5, 5.41) is 0. The zero-order valence-corrected chi connectivity index (χ0v) is 17.0. The summed E-state index contributed by atoms with van der Waals surface area (Å²) >= 11 is 0. The second-order valence-electron chi connectivity index (χ2n) is 7.22. The Morgan fingerprint density at radius 1 is 0.625 bits per heavy atom. The molecule has 24 heavy (non-hydrogen) atoms. The van der Waals surface area contributed by atoms with Crippen molar-refractivity contribution < 1.29 is 17.0 Å². The van der Waals surface area contributed by atoms with Gasteiger partial charge in [-0.3, -0.25) is 0 Å². The summed E-state index contributed by atoms with van der Waals surface area (Å²) in [6, 6.07) is 4.50. The van der Waals surface area contributed by atoms with Crippen LogP contribution in [0.2, 0.25) is 0 Å². The first kappa shape index (κ1) is 23.4. The number of pyridine rings is 1. The Hall–Kier alpha value is -0.560. The number of halogens is 1. The topological polar surface area (TPSA) is 3.88 Å². The second-order valence-corrected chi connectivity index (χ2v) is 7.22. The van der Waals surface area contributed by atoms with Crippen molar-refractivity contribution in [3.63, 3.8) is 0 Å². The molecule has 0 spiro atoms. The minimum absolute atomic E-state index is 0. The molecule has 0 N–H and O–H groups in total. The molecule has 0 saturated carbocycles. The van der Waals surface area contributed by atoms with E-state index in [-0.39, 0.29) is 12.4 Å². The lowest BCUT2D eigenvalue weighted by Gasteiger charge is -2.03. The highest BCUT2D eigenvalue weighted by Crippen LogP contribution is 2.13. The lowest BCUT2D eigenvalue weighted by molar-refractivity contribution is -0.671. The van der Waals surface area contributed by atoms with Crippen LogP contribution in [-0.4, -0.2) is 0 Å². The lowest BCUT2D eigenvalue weighted by atomic mass is 10.0. The summed E-state index contributed by atoms with van der Waals surface area (Å²) in [7, 11) is 2.08. The number of rotatable bonds is 15. The Balaban J connectivity index is 0.00000529. The molecule has 0 saturated heterocycles. The molecule has 0 atom stereocenters. The van der Waals surface area contributed by atoms with Crippen molar-refractivity contribution in [3.8, 4) is 0 Å². The molecule has 0 bridgehead atoms. The van der Waals surface area contributed by atoms with E-state index >= 15 is 0 Å². The van der Waals surface area contributed by atoms with Crippen molar-refractivity contribution in [3.05, 3.63) is 30.1 Å². The van der Waals surface area contributed by atoms with E-state index in [0.717, 1.165) is 0 Å². The van der Waals surface area contributed by atoms with E-state index in [9.17, 15) is 0 Å². The molecule has 0 unspecified atom stereocenters. The number of hydrogen-bond acceptors (Lipinski definition) is 0. The van der Waals surface area contributed by atoms with E-state index in [2.05, 4.69) is 43.1 Å². The monoisotopic (exact) mass is 353 g/mol. The highest BCUT2D eigenvalue weighted by molar-refractivity contribution is 5.06. The van der Waals surface area contributed by atoms with Crippen LogP contribution in [0.4, 0.5) is 0 Å². The molecule has 1 heterocycles. The van der Waals surface area contributed by atoms with Gasteiger partial charge < -0.3 is 12.4 Å². The maximum absolute atomic E-state index is 2.29. The third-order valence-electron chi connectivity index (χ3n) is 4.87. The van der Waals surface area contributed by atoms with Gasteiger partial charge in [-0.05, 0) is 18.4 Å². The van der Waals surface area contributed by atoms with E-state index in [1.165, 1.54) is 102 Å². The predicted molar refractivity (Wildman–Crippen MR) is 102 cm³/mol. The summed E-state index contributed by atoms with van der Waals surface area (Å²) in [6.45, 7) is 2.29. The number of hydrogen-bond donors (Lipinski definition) is 0. The molecule has 1 rings (SSSR count). The third kappa shape index (κ3) is 13.8. The SMILES string of the molecule is CCCCCCCCCCCCCCCCc1cc[n+](C)cc1.[Cl-]. The minimum Gasteiger partial charge on any atom is -1.00 e. The fourth-order valence-electron chi connectivity index (χ4n) is 3.22. The Morgan fingerprint density at radius 2 is 1.00 bits per heavy atom. The minimum atomic E-state index is 0. The average Bonchev–Trinajstić information content (AvgIpc) is 2.57. The van der Waals surface area contributed by atoms with Crippen molar-refractivity contribution in [2.75, 3.05) is 0 Å². The van der Waals surface area contributed by atoms with Gasteiger partial charge in [-0.15, -0.1) is 0 Å². The molecule has 140 valence electrons. The standard InChI is InChI=1S/C22H40N.ClH/c1-3-4-5-6-7-8-9-10-11-12-13-14-15-16-17-22-18-20-23(2)21-19-22;/h18-21H,3-17H2,1-2H3;1H/q+1;/p-1. The quantitative estimate of drug-likeness (QED) is 0.335. The molecule has 0 fully saturated rings. The number of unbranched alkanes of at least 4 members (excludes halogenated alkanes) is 13. The molecule has 0 radical (unpaired) electrons. The van der Waals surface area contributed by atoms with Crippen LogP contribution in [0.15, 0.2) is 24.5 Å². The van der Waals surface area contributed by atoms with Crippen molar-refractivity contribution in [2.45, 2.75) is 103 Å². The van der Waals surface area contributed by atoms with Crippen LogP contribution in [0.5, 0.6) is 0 Å². The number of aromatic nitrogens is 1. The average molecular weight is 354 g/mol. The molecule has 0 aromatic carbocycles. The second kappa shape index (κ2) is 17.3. The molecule has 0 aliphatic heterocycles. The summed E-state index contributed by atoms with van der Waals surface area (Å²) in [5.41, 5.74) is 1.49. The Kier molecular flexibility index (Phi) is 16.9. The summed E-state index contributed by atoms with van der Waals surface area (Å²) in [6.07, 6.45) is 25.7. The van der Waals surface area contributed by atoms with Crippen LogP contribution in [-0.2, 0) is 13.5 Å². The van der Waals surface area contributed by atoms with Crippen LogP contribution in [0.1, 0.15) is 102 Å². The van der Waals surface area contributed by atoms with Gasteiger partial charge in [0.2, 0.25) is 0 Å². The summed E-state index contributed by atoms with van der Waals surface area (Å²) < 4.78 is 2.11. The molecule has 0 aliphatic carbocycles. The van der Waals surface area contributed by atoms with Gasteiger partial charge in [0.15, 0.2) is 12.4 Å². The van der Waals surface area contributed by atoms with Gasteiger partial charge in [0.1, 0.15) is 7.05 Å². The van der Waals surface area contributed by atoms with Gasteiger partial charge >= 0.3 is 0 Å². The highest BCUT2D eigenvalue weighted by Gasteiger charge is 1.97. The van der Waals surface area contributed by atoms with Crippen LogP contribution in [0, 0.1) is 0 Å². The van der Waals surface area contributed by atoms with E-state index in [1.54, 1.807) is 0 Å². The van der Waals surface area contributed by atoms with Crippen LogP contribution in [0.25, 0.3) is 0 Å². The van der Waals surface area contributed by atoms with Gasteiger partial charge in [-0.2, -0.15) is 0 Å². The summed E-state index contributed by atoms with van der Waals surface area (Å²) in [4.78, 5) is 0. The van der Waals surface area contributed by atoms with Gasteiger partial charge in [-0.1, -0.05) is 90.4 Å². The van der Waals surface area contributed by atoms with Crippen LogP contribution < -0.4 is 17.0 Å². The fourth-order valence-corrected chi connectivity index (χ4v) is 3.22. The normalized spacial score (nSPS) is 10.6. The first-order valence-corrected chi connectivity index (χ1v) is 10.3. The molecule has 1 aromatic heterocycles. The number of nitrogens with zero attached hydrogens (tertiary/aromatic N) is 1. The molecular formula is C22H40ClN. The first-order chi connectivity index (χ1) is 11.3. The largest absolute Gasteiger partial charge is 1.00 e. The van der Waals surface area contributed by atoms with Crippen LogP contribution in [0.3, 0.4) is 0 Å². The van der Waals surface area contributed by atoms with Crippen molar-refractivity contribution >= 4 is 0 Å². The van der Waals surface area contributed by atoms with Crippen molar-refractivity contribution in [1.82, 2.24) is 0 Å². The van der Waals surface area contributed by atoms with Crippen LogP contribution >= 0.6 is 0 Å². The molecule has 0 amide bonds. The molecule has 1 nitrogen and oxygen atoms in total. The Labute approximate surface area is 157 Å². The zero-order valence-electron chi connectivity index (χ0n) is 16.2. The Morgan fingerprint density at radius 3 is 1.42 bits per heavy atom. The van der Waals surface area contributed by atoms with Gasteiger partial charge in [0.05, 0.1) is 0 Å². The maximum Gasteiger partial charge on any atom is 0.168 e. The highest BCUT2D eigenvalue weighted by atomic mass is 35.5. The van der Waals surface area contributed by atoms with Gasteiger partial charge in [0.25, 0.3) is 0 Å². The molecule has 2 heteroatoms. The third-order valence-corrected chi connectivity index (χ3v) is 4.87. The van der Waals surface area contributed by atoms with Gasteiger partial charge in [-0.25, -0.2) is 4.57 Å². The van der Waals surface area contributed by atoms with Crippen molar-refractivity contribution in [2.24, 2.45) is 7.05 Å². The zero-order chi connectivity index (χ0) is 16.6. The number of aryl methyl sites for hydroxylation is 2. The predicted octanol–water partition coefficient (Wildman–Crippen LogP) is 3.54. The molecule has 1 aromatic rings. The molecule has 0 aliphatic rings. The lowest BCUT2D eigenvalue weighted by Crippen LogP contribution is -3.00. The maximum atomic E-state index is 2.29. The van der Waals surface area contributed by atoms with E-state index in [1.807, 2.05) is 0 Å².